The summed E-state index contributed by atoms with van der Waals surface area (Å²) in [6.07, 6.45) is 10.7. The third-order valence-electron chi connectivity index (χ3n) is 9.28. The summed E-state index contributed by atoms with van der Waals surface area (Å²) in [7, 11) is -3.84. The van der Waals surface area contributed by atoms with Gasteiger partial charge in [0.1, 0.15) is 0 Å². The molecule has 2 aromatic heterocycles. The molecule has 10 heteroatoms. The van der Waals surface area contributed by atoms with E-state index in [0.717, 1.165) is 33.6 Å². The summed E-state index contributed by atoms with van der Waals surface area (Å²) in [5, 5.41) is 12.0. The highest BCUT2D eigenvalue weighted by atomic mass is 32.2. The van der Waals surface area contributed by atoms with Crippen molar-refractivity contribution in [3.8, 4) is 0 Å². The minimum atomic E-state index is -3.84. The van der Waals surface area contributed by atoms with E-state index in [1.165, 1.54) is 20.4 Å². The summed E-state index contributed by atoms with van der Waals surface area (Å²) < 4.78 is 29.7. The molecule has 9 nitrogen and oxygen atoms in total. The number of fused-ring (bicyclic) bond motifs is 2. The summed E-state index contributed by atoms with van der Waals surface area (Å²) in [6.45, 7) is 5.44. The first-order valence-electron chi connectivity index (χ1n) is 17.0. The van der Waals surface area contributed by atoms with E-state index in [-0.39, 0.29) is 22.6 Å². The average Bonchev–Trinajstić information content (AvgIpc) is 3.73. The van der Waals surface area contributed by atoms with Gasteiger partial charge in [0.2, 0.25) is 0 Å². The van der Waals surface area contributed by atoms with Crippen molar-refractivity contribution in [2.75, 3.05) is 11.1 Å². The normalized spacial score (nSPS) is 15.9. The third-order valence-corrected chi connectivity index (χ3v) is 10.9. The summed E-state index contributed by atoms with van der Waals surface area (Å²) in [4.78, 5) is 12.1. The lowest BCUT2D eigenvalue weighted by atomic mass is 9.88. The number of benzene rings is 4. The van der Waals surface area contributed by atoms with Gasteiger partial charge >= 0.3 is 0 Å². The van der Waals surface area contributed by atoms with Gasteiger partial charge in [0.15, 0.2) is 11.6 Å². The quantitative estimate of drug-likeness (QED) is 0.161. The molecule has 0 fully saturated rings. The minimum absolute atomic E-state index is 0.0805. The predicted molar refractivity (Wildman–Crippen MR) is 207 cm³/mol. The van der Waals surface area contributed by atoms with Crippen LogP contribution < -0.4 is 11.1 Å². The molecular weight excluding hydrogens is 669 g/mol. The van der Waals surface area contributed by atoms with Crippen LogP contribution in [0.3, 0.4) is 0 Å². The molecular formula is C42H38N6O3S. The molecule has 2 aliphatic carbocycles. The molecule has 260 valence electrons. The SMILES string of the molecule is C=CC(=O)n1nc(N)c2c1CC(c1ccccc1)C=C2.Cc1ccc(S(=O)(=O)n2nc(Nc3ccccc3)c3c2CC(c2ccccc2)C=C3)cc1. The lowest BCUT2D eigenvalue weighted by Gasteiger charge is -2.19. The zero-order chi connectivity index (χ0) is 36.2. The zero-order valence-electron chi connectivity index (χ0n) is 28.6. The molecule has 0 aliphatic heterocycles. The number of aryl methyl sites for hydroxylation is 1. The van der Waals surface area contributed by atoms with Gasteiger partial charge in [-0.15, -0.1) is 10.2 Å². The van der Waals surface area contributed by atoms with Crippen molar-refractivity contribution in [3.05, 3.63) is 179 Å². The summed E-state index contributed by atoms with van der Waals surface area (Å²) >= 11 is 0. The maximum atomic E-state index is 13.6. The molecule has 4 aromatic carbocycles. The Morgan fingerprint density at radius 3 is 1.88 bits per heavy atom. The van der Waals surface area contributed by atoms with Gasteiger partial charge in [-0.05, 0) is 48.4 Å². The fraction of sp³-hybridized carbons (Fsp3) is 0.119. The summed E-state index contributed by atoms with van der Waals surface area (Å²) in [5.41, 5.74) is 13.3. The number of nitrogen functional groups attached to an aromatic ring is 1. The van der Waals surface area contributed by atoms with Gasteiger partial charge in [0.05, 0.1) is 16.3 Å². The third kappa shape index (κ3) is 6.88. The number of carbonyl (C=O) groups excluding carboxylic acids is 1. The highest BCUT2D eigenvalue weighted by molar-refractivity contribution is 7.89. The van der Waals surface area contributed by atoms with Crippen LogP contribution in [-0.2, 0) is 22.9 Å². The van der Waals surface area contributed by atoms with Gasteiger partial charge in [-0.1, -0.05) is 127 Å². The molecule has 0 saturated heterocycles. The van der Waals surface area contributed by atoms with Crippen LogP contribution in [0.1, 0.15) is 55.8 Å². The zero-order valence-corrected chi connectivity index (χ0v) is 29.4. The van der Waals surface area contributed by atoms with E-state index in [0.29, 0.717) is 30.2 Å². The van der Waals surface area contributed by atoms with E-state index < -0.39 is 10.0 Å². The lowest BCUT2D eigenvalue weighted by molar-refractivity contribution is 0.0951. The standard InChI is InChI=1S/C26H23N3O2S.C16H15N3O/c1-19-12-15-23(16-13-19)32(30,31)29-25-18-21(20-8-4-2-5-9-20)14-17-24(25)26(28-29)27-22-10-6-3-7-11-22;1-2-15(20)19-14-10-12(11-6-4-3-5-7-11)8-9-13(14)16(17)18-19/h2-17,21H,18H2,1H3,(H,27,28);2-9,12H,1,10H2,(H2,17,18). The number of nitrogens with two attached hydrogens (primary N) is 1. The van der Waals surface area contributed by atoms with E-state index in [4.69, 9.17) is 5.73 Å². The predicted octanol–water partition coefficient (Wildman–Crippen LogP) is 8.17. The Morgan fingerprint density at radius 1 is 0.769 bits per heavy atom. The second-order valence-corrected chi connectivity index (χ2v) is 14.5. The monoisotopic (exact) mass is 706 g/mol. The van der Waals surface area contributed by atoms with Gasteiger partial charge in [-0.3, -0.25) is 4.79 Å². The van der Waals surface area contributed by atoms with Crippen molar-refractivity contribution in [2.24, 2.45) is 0 Å². The highest BCUT2D eigenvalue weighted by Gasteiger charge is 2.30. The summed E-state index contributed by atoms with van der Waals surface area (Å²) in [5.74, 6) is 0.982. The van der Waals surface area contributed by atoms with Crippen molar-refractivity contribution in [1.82, 2.24) is 19.0 Å². The highest BCUT2D eigenvalue weighted by Crippen LogP contribution is 2.37. The van der Waals surface area contributed by atoms with Crippen LogP contribution in [0.25, 0.3) is 12.2 Å². The maximum absolute atomic E-state index is 13.6. The van der Waals surface area contributed by atoms with Crippen molar-refractivity contribution >= 4 is 45.4 Å². The molecule has 6 aromatic rings. The van der Waals surface area contributed by atoms with Crippen LogP contribution in [-0.4, -0.2) is 33.3 Å². The first-order valence-corrected chi connectivity index (χ1v) is 18.4. The van der Waals surface area contributed by atoms with Crippen molar-refractivity contribution in [2.45, 2.75) is 36.5 Å². The molecule has 0 amide bonds. The second-order valence-electron chi connectivity index (χ2n) is 12.7. The fourth-order valence-corrected chi connectivity index (χ4v) is 7.87. The van der Waals surface area contributed by atoms with E-state index in [1.54, 1.807) is 24.3 Å². The number of hydrogen-bond acceptors (Lipinski definition) is 7. The minimum Gasteiger partial charge on any atom is -0.382 e. The Balaban J connectivity index is 0.000000180. The van der Waals surface area contributed by atoms with Crippen LogP contribution in [0.15, 0.2) is 145 Å². The van der Waals surface area contributed by atoms with Crippen LogP contribution in [0.4, 0.5) is 17.3 Å². The van der Waals surface area contributed by atoms with Gasteiger partial charge < -0.3 is 11.1 Å². The number of nitrogens with zero attached hydrogens (tertiary/aromatic N) is 4. The number of hydrogen-bond donors (Lipinski definition) is 2. The van der Waals surface area contributed by atoms with Gasteiger partial charge in [0.25, 0.3) is 15.9 Å². The summed E-state index contributed by atoms with van der Waals surface area (Å²) in [6, 6.07) is 36.8. The number of aromatic nitrogens is 4. The Bertz CT molecular complexity index is 2400. The van der Waals surface area contributed by atoms with Crippen LogP contribution in [0.5, 0.6) is 0 Å². The van der Waals surface area contributed by atoms with E-state index in [2.05, 4.69) is 58.5 Å². The van der Waals surface area contributed by atoms with Crippen LogP contribution in [0, 0.1) is 6.92 Å². The lowest BCUT2D eigenvalue weighted by Crippen LogP contribution is -2.20. The second kappa shape index (κ2) is 14.5. The van der Waals surface area contributed by atoms with Gasteiger partial charge in [-0.2, -0.15) is 17.2 Å². The van der Waals surface area contributed by atoms with E-state index in [1.807, 2.05) is 85.8 Å². The Kier molecular flexibility index (Phi) is 9.56. The topological polar surface area (TPSA) is 125 Å². The van der Waals surface area contributed by atoms with E-state index in [9.17, 15) is 13.2 Å². The average molecular weight is 707 g/mol. The molecule has 2 unspecified atom stereocenters. The number of allylic oxidation sites excluding steroid dienone is 3. The molecule has 0 bridgehead atoms. The molecule has 0 radical (unpaired) electrons. The van der Waals surface area contributed by atoms with Gasteiger partial charge in [0, 0.05) is 41.5 Å². The smallest absolute Gasteiger partial charge is 0.283 e. The molecule has 2 atom stereocenters. The first-order chi connectivity index (χ1) is 25.2. The fourth-order valence-electron chi connectivity index (χ4n) is 6.53. The maximum Gasteiger partial charge on any atom is 0.283 e. The molecule has 2 aliphatic rings. The molecule has 3 N–H and O–H groups in total. The van der Waals surface area contributed by atoms with Crippen molar-refractivity contribution in [3.63, 3.8) is 0 Å². The Morgan fingerprint density at radius 2 is 1.31 bits per heavy atom. The molecule has 8 rings (SSSR count). The molecule has 52 heavy (non-hydrogen) atoms. The Hall–Kier alpha value is -6.26. The molecule has 0 saturated carbocycles. The van der Waals surface area contributed by atoms with Crippen LogP contribution in [0.2, 0.25) is 0 Å². The molecule has 0 spiro atoms. The largest absolute Gasteiger partial charge is 0.382 e. The first kappa shape index (κ1) is 34.2. The number of nitrogens with one attached hydrogen (secondary N) is 1. The van der Waals surface area contributed by atoms with Gasteiger partial charge in [-0.25, -0.2) is 0 Å². The van der Waals surface area contributed by atoms with Crippen molar-refractivity contribution < 1.29 is 13.2 Å². The van der Waals surface area contributed by atoms with E-state index >= 15 is 0 Å². The van der Waals surface area contributed by atoms with Crippen LogP contribution >= 0.6 is 0 Å². The molecule has 2 heterocycles. The number of anilines is 3. The number of para-hydroxylation sites is 1. The number of carbonyl (C=O) groups is 1. The van der Waals surface area contributed by atoms with Crippen molar-refractivity contribution in [1.29, 1.82) is 0 Å². The Labute approximate surface area is 303 Å². The number of rotatable bonds is 7.